The van der Waals surface area contributed by atoms with Crippen LogP contribution in [-0.2, 0) is 14.3 Å². The van der Waals surface area contributed by atoms with Gasteiger partial charge in [0.2, 0.25) is 0 Å². The van der Waals surface area contributed by atoms with Crippen LogP contribution in [0.3, 0.4) is 0 Å². The van der Waals surface area contributed by atoms with Gasteiger partial charge in [-0.3, -0.25) is 14.5 Å². The molecule has 2 aromatic carbocycles. The SMILES string of the molecule is CCOC(=O)[C@@H]1CCCN(CC(=O)N2N=C(c3ccc(OC)c(OC)c3)C[C@@H]2c2ccc(OC)cc2OC)C1. The second-order valence-corrected chi connectivity index (χ2v) is 9.51. The molecule has 4 rings (SSSR count). The number of likely N-dealkylation sites (tertiary alicyclic amines) is 1. The van der Waals surface area contributed by atoms with Crippen molar-refractivity contribution in [3.63, 3.8) is 0 Å². The summed E-state index contributed by atoms with van der Waals surface area (Å²) in [5.41, 5.74) is 2.41. The minimum absolute atomic E-state index is 0.146. The molecule has 0 unspecified atom stereocenters. The maximum atomic E-state index is 13.8. The number of benzene rings is 2. The molecule has 2 aliphatic heterocycles. The molecule has 2 heterocycles. The zero-order valence-corrected chi connectivity index (χ0v) is 23.3. The molecule has 2 atom stereocenters. The Morgan fingerprint density at radius 2 is 1.72 bits per heavy atom. The molecule has 1 fully saturated rings. The van der Waals surface area contributed by atoms with Gasteiger partial charge in [0.25, 0.3) is 5.91 Å². The monoisotopic (exact) mass is 539 g/mol. The highest BCUT2D eigenvalue weighted by Crippen LogP contribution is 2.40. The number of rotatable bonds is 10. The van der Waals surface area contributed by atoms with Gasteiger partial charge < -0.3 is 23.7 Å². The normalized spacial score (nSPS) is 19.3. The predicted octanol–water partition coefficient (Wildman–Crippen LogP) is 3.67. The zero-order valence-electron chi connectivity index (χ0n) is 23.3. The number of esters is 1. The fraction of sp³-hybridized carbons (Fsp3) is 0.483. The lowest BCUT2D eigenvalue weighted by atomic mass is 9.96. The fourth-order valence-corrected chi connectivity index (χ4v) is 5.18. The number of ether oxygens (including phenoxy) is 5. The summed E-state index contributed by atoms with van der Waals surface area (Å²) in [5.74, 6) is 1.88. The first kappa shape index (κ1) is 28.2. The second kappa shape index (κ2) is 12.8. The first-order valence-electron chi connectivity index (χ1n) is 13.1. The van der Waals surface area contributed by atoms with Crippen LogP contribution in [0.4, 0.5) is 0 Å². The van der Waals surface area contributed by atoms with Crippen molar-refractivity contribution < 1.29 is 33.3 Å². The molecular formula is C29H37N3O7. The number of piperidine rings is 1. The Bertz CT molecular complexity index is 1220. The molecule has 10 heteroatoms. The van der Waals surface area contributed by atoms with Gasteiger partial charge in [0, 0.05) is 30.2 Å². The van der Waals surface area contributed by atoms with Gasteiger partial charge >= 0.3 is 5.97 Å². The van der Waals surface area contributed by atoms with E-state index in [0.717, 1.165) is 36.2 Å². The Morgan fingerprint density at radius 1 is 0.949 bits per heavy atom. The van der Waals surface area contributed by atoms with E-state index in [1.165, 1.54) is 0 Å². The van der Waals surface area contributed by atoms with Crippen LogP contribution in [-0.4, -0.2) is 82.2 Å². The molecule has 2 aliphatic rings. The van der Waals surface area contributed by atoms with Crippen molar-refractivity contribution in [3.05, 3.63) is 47.5 Å². The summed E-state index contributed by atoms with van der Waals surface area (Å²) in [6, 6.07) is 10.8. The third-order valence-corrected chi connectivity index (χ3v) is 7.17. The molecule has 0 N–H and O–H groups in total. The van der Waals surface area contributed by atoms with Gasteiger partial charge in [-0.25, -0.2) is 5.01 Å². The molecule has 210 valence electrons. The van der Waals surface area contributed by atoms with Crippen molar-refractivity contribution in [2.75, 3.05) is 54.7 Å². The number of hydrogen-bond acceptors (Lipinski definition) is 9. The first-order valence-corrected chi connectivity index (χ1v) is 13.1. The van der Waals surface area contributed by atoms with Crippen LogP contribution in [0, 0.1) is 5.92 Å². The van der Waals surface area contributed by atoms with Gasteiger partial charge in [0.15, 0.2) is 11.5 Å². The smallest absolute Gasteiger partial charge is 0.310 e. The number of amides is 1. The van der Waals surface area contributed by atoms with Gasteiger partial charge in [-0.15, -0.1) is 0 Å². The van der Waals surface area contributed by atoms with Crippen molar-refractivity contribution in [1.82, 2.24) is 9.91 Å². The molecule has 39 heavy (non-hydrogen) atoms. The van der Waals surface area contributed by atoms with E-state index in [9.17, 15) is 9.59 Å². The van der Waals surface area contributed by atoms with E-state index < -0.39 is 0 Å². The van der Waals surface area contributed by atoms with E-state index in [-0.39, 0.29) is 30.4 Å². The minimum atomic E-state index is -0.382. The highest BCUT2D eigenvalue weighted by molar-refractivity contribution is 6.03. The number of carbonyl (C=O) groups excluding carboxylic acids is 2. The van der Waals surface area contributed by atoms with Gasteiger partial charge in [-0.05, 0) is 56.6 Å². The molecule has 2 aromatic rings. The van der Waals surface area contributed by atoms with Crippen LogP contribution in [0.5, 0.6) is 23.0 Å². The summed E-state index contributed by atoms with van der Waals surface area (Å²) in [4.78, 5) is 28.1. The topological polar surface area (TPSA) is 99.1 Å². The highest BCUT2D eigenvalue weighted by atomic mass is 16.5. The molecule has 0 aromatic heterocycles. The molecule has 0 bridgehead atoms. The number of methoxy groups -OCH3 is 4. The Balaban J connectivity index is 1.63. The van der Waals surface area contributed by atoms with Gasteiger partial charge in [0.1, 0.15) is 11.5 Å². The third-order valence-electron chi connectivity index (χ3n) is 7.17. The maximum absolute atomic E-state index is 13.8. The Hall–Kier alpha value is -3.79. The van der Waals surface area contributed by atoms with Crippen molar-refractivity contribution in [1.29, 1.82) is 0 Å². The zero-order chi connectivity index (χ0) is 27.9. The van der Waals surface area contributed by atoms with Crippen molar-refractivity contribution in [3.8, 4) is 23.0 Å². The Kier molecular flexibility index (Phi) is 9.29. The Labute approximate surface area is 229 Å². The van der Waals surface area contributed by atoms with Gasteiger partial charge in [-0.2, -0.15) is 5.10 Å². The minimum Gasteiger partial charge on any atom is -0.497 e. The molecule has 0 saturated carbocycles. The van der Waals surface area contributed by atoms with Crippen molar-refractivity contribution >= 4 is 17.6 Å². The summed E-state index contributed by atoms with van der Waals surface area (Å²) in [5, 5.41) is 6.36. The summed E-state index contributed by atoms with van der Waals surface area (Å²) in [7, 11) is 6.37. The van der Waals surface area contributed by atoms with Crippen LogP contribution < -0.4 is 18.9 Å². The fourth-order valence-electron chi connectivity index (χ4n) is 5.18. The Morgan fingerprint density at radius 3 is 2.41 bits per heavy atom. The van der Waals surface area contributed by atoms with Crippen molar-refractivity contribution in [2.24, 2.45) is 11.0 Å². The predicted molar refractivity (Wildman–Crippen MR) is 146 cm³/mol. The highest BCUT2D eigenvalue weighted by Gasteiger charge is 2.37. The third kappa shape index (κ3) is 6.27. The van der Waals surface area contributed by atoms with E-state index in [0.29, 0.717) is 42.6 Å². The molecule has 1 amide bonds. The van der Waals surface area contributed by atoms with E-state index in [2.05, 4.69) is 0 Å². The van der Waals surface area contributed by atoms with Crippen molar-refractivity contribution in [2.45, 2.75) is 32.2 Å². The van der Waals surface area contributed by atoms with Gasteiger partial charge in [-0.1, -0.05) is 0 Å². The lowest BCUT2D eigenvalue weighted by molar-refractivity contribution is -0.150. The first-order chi connectivity index (χ1) is 18.9. The summed E-state index contributed by atoms with van der Waals surface area (Å²) >= 11 is 0. The molecule has 1 saturated heterocycles. The van der Waals surface area contributed by atoms with Crippen LogP contribution >= 0.6 is 0 Å². The molecule has 0 spiro atoms. The lowest BCUT2D eigenvalue weighted by Gasteiger charge is -2.32. The number of hydrogen-bond donors (Lipinski definition) is 0. The number of hydrazone groups is 1. The largest absolute Gasteiger partial charge is 0.497 e. The average Bonchev–Trinajstić information content (AvgIpc) is 3.42. The van der Waals surface area contributed by atoms with E-state index in [1.807, 2.05) is 35.2 Å². The standard InChI is InChI=1S/C29H37N3O7/c1-6-39-29(34)20-8-7-13-31(17-20)18-28(33)32-24(22-11-10-21(35-2)15-26(22)37-4)16-23(30-32)19-9-12-25(36-3)27(14-19)38-5/h9-12,14-15,20,24H,6-8,13,16-18H2,1-5H3/t20-,24-/m1/s1. The van der Waals surface area contributed by atoms with Gasteiger partial charge in [0.05, 0.1) is 59.3 Å². The van der Waals surface area contributed by atoms with Crippen LogP contribution in [0.25, 0.3) is 0 Å². The van der Waals surface area contributed by atoms with E-state index in [4.69, 9.17) is 28.8 Å². The van der Waals surface area contributed by atoms with E-state index >= 15 is 0 Å². The average molecular weight is 540 g/mol. The summed E-state index contributed by atoms with van der Waals surface area (Å²) < 4.78 is 27.2. The maximum Gasteiger partial charge on any atom is 0.310 e. The van der Waals surface area contributed by atoms with E-state index in [1.54, 1.807) is 46.4 Å². The van der Waals surface area contributed by atoms with Crippen LogP contribution in [0.1, 0.15) is 43.4 Å². The summed E-state index contributed by atoms with van der Waals surface area (Å²) in [6.45, 7) is 3.52. The number of carbonyl (C=O) groups is 2. The second-order valence-electron chi connectivity index (χ2n) is 9.51. The molecular weight excluding hydrogens is 502 g/mol. The number of nitrogens with zero attached hydrogens (tertiary/aromatic N) is 3. The lowest BCUT2D eigenvalue weighted by Crippen LogP contribution is -2.44. The molecule has 10 nitrogen and oxygen atoms in total. The summed E-state index contributed by atoms with van der Waals surface area (Å²) in [6.07, 6.45) is 2.07. The molecule has 0 aliphatic carbocycles. The van der Waals surface area contributed by atoms with Crippen LogP contribution in [0.2, 0.25) is 0 Å². The quantitative estimate of drug-likeness (QED) is 0.422. The van der Waals surface area contributed by atoms with Crippen LogP contribution in [0.15, 0.2) is 41.5 Å². The molecule has 0 radical (unpaired) electrons.